The molecule has 0 bridgehead atoms. The van der Waals surface area contributed by atoms with Gasteiger partial charge in [0, 0.05) is 18.2 Å². The van der Waals surface area contributed by atoms with Crippen LogP contribution in [0.25, 0.3) is 0 Å². The van der Waals surface area contributed by atoms with Gasteiger partial charge in [-0.05, 0) is 5.57 Å². The number of carbonyl (C=O) groups is 3. The van der Waals surface area contributed by atoms with Gasteiger partial charge in [-0.25, -0.2) is 9.78 Å². The Hall–Kier alpha value is -2.90. The third-order valence-electron chi connectivity index (χ3n) is 4.23. The smallest absolute Gasteiger partial charge is 0.352 e. The minimum atomic E-state index is -1.21. The van der Waals surface area contributed by atoms with Crippen LogP contribution in [-0.4, -0.2) is 76.5 Å². The van der Waals surface area contributed by atoms with E-state index in [1.54, 1.807) is 17.5 Å². The fourth-order valence-electron chi connectivity index (χ4n) is 2.96. The van der Waals surface area contributed by atoms with Gasteiger partial charge in [0.2, 0.25) is 0 Å². The molecule has 1 aromatic heterocycles. The normalized spacial score (nSPS) is 21.5. The average Bonchev–Trinajstić information content (AvgIpc) is 3.15. The van der Waals surface area contributed by atoms with Crippen molar-refractivity contribution >= 4 is 51.7 Å². The summed E-state index contributed by atoms with van der Waals surface area (Å²) in [6.45, 7) is 0.319. The number of hydrogen-bond donors (Lipinski definition) is 3. The van der Waals surface area contributed by atoms with Crippen molar-refractivity contribution in [3.05, 3.63) is 34.5 Å². The molecule has 2 aliphatic rings. The predicted molar refractivity (Wildman–Crippen MR) is 111 cm³/mol. The first-order valence-electron chi connectivity index (χ1n) is 8.59. The molecule has 2 amide bonds. The van der Waals surface area contributed by atoms with Crippen LogP contribution in [-0.2, 0) is 24.0 Å². The highest BCUT2D eigenvalue weighted by molar-refractivity contribution is 8.00. The van der Waals surface area contributed by atoms with Gasteiger partial charge >= 0.3 is 5.97 Å². The van der Waals surface area contributed by atoms with Crippen molar-refractivity contribution in [1.29, 1.82) is 0 Å². The first-order valence-corrected chi connectivity index (χ1v) is 10.5. The Morgan fingerprint density at radius 1 is 1.50 bits per heavy atom. The molecule has 1 fully saturated rings. The van der Waals surface area contributed by atoms with Crippen LogP contribution in [0.2, 0.25) is 0 Å². The van der Waals surface area contributed by atoms with E-state index in [0.717, 1.165) is 11.3 Å². The van der Waals surface area contributed by atoms with Gasteiger partial charge in [-0.15, -0.1) is 23.1 Å². The van der Waals surface area contributed by atoms with Gasteiger partial charge in [0.15, 0.2) is 10.8 Å². The number of amides is 2. The zero-order chi connectivity index (χ0) is 21.8. The number of carbonyl (C=O) groups excluding carboxylic acids is 2. The molecule has 3 heterocycles. The highest BCUT2D eigenvalue weighted by atomic mass is 32.2. The summed E-state index contributed by atoms with van der Waals surface area (Å²) in [5.41, 5.74) is 6.09. The number of anilines is 1. The van der Waals surface area contributed by atoms with Crippen LogP contribution in [0.15, 0.2) is 34.0 Å². The number of thiazole rings is 1. The number of carboxylic acid groups (broad SMARTS) is 1. The lowest BCUT2D eigenvalue weighted by Crippen LogP contribution is -2.71. The fourth-order valence-corrected chi connectivity index (χ4v) is 4.83. The second-order valence-corrected chi connectivity index (χ2v) is 8.09. The van der Waals surface area contributed by atoms with Crippen LogP contribution in [0.1, 0.15) is 5.69 Å². The van der Waals surface area contributed by atoms with E-state index in [-0.39, 0.29) is 22.2 Å². The van der Waals surface area contributed by atoms with Gasteiger partial charge in [0.25, 0.3) is 11.8 Å². The van der Waals surface area contributed by atoms with Gasteiger partial charge in [-0.2, -0.15) is 0 Å². The molecule has 1 aromatic rings. The molecule has 13 heteroatoms. The van der Waals surface area contributed by atoms with Crippen molar-refractivity contribution in [2.75, 3.05) is 32.3 Å². The third kappa shape index (κ3) is 4.17. The molecule has 0 radical (unpaired) electrons. The van der Waals surface area contributed by atoms with Crippen molar-refractivity contribution in [1.82, 2.24) is 15.2 Å². The van der Waals surface area contributed by atoms with Crippen LogP contribution in [0.4, 0.5) is 5.13 Å². The average molecular weight is 454 g/mol. The number of rotatable bonds is 8. The number of allylic oxidation sites excluding steroid dienone is 1. The molecule has 0 spiro atoms. The quantitative estimate of drug-likeness (QED) is 0.280. The van der Waals surface area contributed by atoms with Crippen LogP contribution in [0, 0.1) is 0 Å². The second kappa shape index (κ2) is 9.28. The number of thioether (sulfide) groups is 1. The van der Waals surface area contributed by atoms with E-state index in [1.807, 2.05) is 0 Å². The van der Waals surface area contributed by atoms with E-state index >= 15 is 0 Å². The molecular formula is C17H19N5O6S2. The minimum Gasteiger partial charge on any atom is -0.477 e. The largest absolute Gasteiger partial charge is 0.477 e. The van der Waals surface area contributed by atoms with E-state index in [1.165, 1.54) is 30.9 Å². The summed E-state index contributed by atoms with van der Waals surface area (Å²) in [5.74, 6) is -2.04. The minimum absolute atomic E-state index is 0.0975. The Labute approximate surface area is 179 Å². The maximum absolute atomic E-state index is 12.7. The van der Waals surface area contributed by atoms with Crippen LogP contribution < -0.4 is 11.1 Å². The SMILES string of the molecule is COCC=CC1=C(C(=O)O)N2C(=O)[C@@H](NC(=O)C(=NOC)c3csc(N)n3)[C@@H]2SC1. The lowest BCUT2D eigenvalue weighted by molar-refractivity contribution is -0.150. The van der Waals surface area contributed by atoms with Crippen molar-refractivity contribution in [3.8, 4) is 0 Å². The van der Waals surface area contributed by atoms with Gasteiger partial charge in [0.05, 0.1) is 6.61 Å². The van der Waals surface area contributed by atoms with E-state index in [2.05, 4.69) is 15.5 Å². The lowest BCUT2D eigenvalue weighted by Gasteiger charge is -2.49. The highest BCUT2D eigenvalue weighted by Gasteiger charge is 2.54. The van der Waals surface area contributed by atoms with E-state index in [9.17, 15) is 19.5 Å². The standard InChI is InChI=1S/C17H19N5O6S2/c1-27-5-3-4-8-6-29-15-11(14(24)22(15)12(8)16(25)26)20-13(23)10(21-28-2)9-7-30-17(18)19-9/h3-4,7,11,15H,5-6H2,1-2H3,(H2,18,19)(H,20,23)(H,25,26)/t11-,15+/m1/s1. The number of hydrogen-bond acceptors (Lipinski definition) is 10. The summed E-state index contributed by atoms with van der Waals surface area (Å²) in [6, 6.07) is -0.903. The Balaban J connectivity index is 1.78. The number of ether oxygens (including phenoxy) is 1. The molecular weight excluding hydrogens is 434 g/mol. The number of β-lactam (4-membered cyclic amide) rings is 1. The molecule has 11 nitrogen and oxygen atoms in total. The van der Waals surface area contributed by atoms with Gasteiger partial charge < -0.3 is 25.7 Å². The fraction of sp³-hybridized carbons (Fsp3) is 0.353. The lowest BCUT2D eigenvalue weighted by atomic mass is 10.0. The van der Waals surface area contributed by atoms with E-state index in [0.29, 0.717) is 17.9 Å². The Kier molecular flexibility index (Phi) is 6.74. The number of aromatic nitrogens is 1. The molecule has 30 heavy (non-hydrogen) atoms. The maximum atomic E-state index is 12.7. The zero-order valence-electron chi connectivity index (χ0n) is 16.0. The highest BCUT2D eigenvalue weighted by Crippen LogP contribution is 2.40. The monoisotopic (exact) mass is 453 g/mol. The molecule has 3 rings (SSSR count). The Morgan fingerprint density at radius 2 is 2.27 bits per heavy atom. The summed E-state index contributed by atoms with van der Waals surface area (Å²) < 4.78 is 4.93. The molecule has 2 aliphatic heterocycles. The molecule has 2 atom stereocenters. The van der Waals surface area contributed by atoms with Gasteiger partial charge in [-0.3, -0.25) is 14.5 Å². The van der Waals surface area contributed by atoms with Crippen molar-refractivity contribution in [2.24, 2.45) is 5.16 Å². The maximum Gasteiger partial charge on any atom is 0.352 e. The molecule has 4 N–H and O–H groups in total. The number of nitrogens with zero attached hydrogens (tertiary/aromatic N) is 3. The summed E-state index contributed by atoms with van der Waals surface area (Å²) in [6.07, 6.45) is 3.31. The molecule has 160 valence electrons. The molecule has 0 unspecified atom stereocenters. The van der Waals surface area contributed by atoms with Gasteiger partial charge in [-0.1, -0.05) is 17.3 Å². The summed E-state index contributed by atoms with van der Waals surface area (Å²) in [7, 11) is 2.80. The first kappa shape index (κ1) is 21.8. The zero-order valence-corrected chi connectivity index (χ0v) is 17.7. The van der Waals surface area contributed by atoms with Crippen molar-refractivity contribution in [2.45, 2.75) is 11.4 Å². The number of fused-ring (bicyclic) bond motifs is 1. The molecule has 1 saturated heterocycles. The second-order valence-electron chi connectivity index (χ2n) is 6.09. The molecule has 0 saturated carbocycles. The van der Waals surface area contributed by atoms with E-state index in [4.69, 9.17) is 15.3 Å². The van der Waals surface area contributed by atoms with Crippen LogP contribution in [0.3, 0.4) is 0 Å². The van der Waals surface area contributed by atoms with Crippen LogP contribution in [0.5, 0.6) is 0 Å². The summed E-state index contributed by atoms with van der Waals surface area (Å²) in [5, 5.41) is 17.1. The Morgan fingerprint density at radius 3 is 2.87 bits per heavy atom. The van der Waals surface area contributed by atoms with E-state index < -0.39 is 29.2 Å². The summed E-state index contributed by atoms with van der Waals surface area (Å²) >= 11 is 2.48. The molecule has 0 aliphatic carbocycles. The number of oxime groups is 1. The number of carboxylic acids is 1. The predicted octanol–water partition coefficient (Wildman–Crippen LogP) is 0.0170. The number of nitrogen functional groups attached to an aromatic ring is 1. The third-order valence-corrected chi connectivity index (χ3v) is 6.21. The van der Waals surface area contributed by atoms with Crippen LogP contribution >= 0.6 is 23.1 Å². The first-order chi connectivity index (χ1) is 14.4. The van der Waals surface area contributed by atoms with Gasteiger partial charge in [0.1, 0.15) is 29.9 Å². The molecule has 0 aromatic carbocycles. The topological polar surface area (TPSA) is 156 Å². The number of nitrogens with one attached hydrogen (secondary N) is 1. The number of aliphatic carboxylic acids is 1. The van der Waals surface area contributed by atoms with Crippen molar-refractivity contribution in [3.63, 3.8) is 0 Å². The van der Waals surface area contributed by atoms with Crippen molar-refractivity contribution < 1.29 is 29.1 Å². The number of nitrogens with two attached hydrogens (primary N) is 1. The summed E-state index contributed by atoms with van der Waals surface area (Å²) in [4.78, 5) is 47.1. The number of methoxy groups -OCH3 is 1. The Bertz CT molecular complexity index is 956.